The highest BCUT2D eigenvalue weighted by Crippen LogP contribution is 2.21. The molecule has 2 atom stereocenters. The topological polar surface area (TPSA) is 62.6 Å². The molecule has 2 unspecified atom stereocenters. The maximum Gasteiger partial charge on any atom is 0.317 e. The Hall–Kier alpha value is -2.08. The number of rotatable bonds is 5. The molecule has 0 fully saturated rings. The second-order valence-corrected chi connectivity index (χ2v) is 7.37. The molecule has 0 radical (unpaired) electrons. The van der Waals surface area contributed by atoms with E-state index in [0.717, 1.165) is 27.5 Å². The molecule has 1 heterocycles. The largest absolute Gasteiger partial charge is 0.466 e. The minimum atomic E-state index is -0.990. The molecule has 0 saturated carbocycles. The summed E-state index contributed by atoms with van der Waals surface area (Å²) in [5.74, 6) is 1.66. The van der Waals surface area contributed by atoms with E-state index in [-0.39, 0.29) is 12.1 Å². The highest BCUT2D eigenvalue weighted by atomic mass is 32.2. The molecule has 130 valence electrons. The molecule has 5 nitrogen and oxygen atoms in total. The first-order chi connectivity index (χ1) is 11.3. The van der Waals surface area contributed by atoms with Gasteiger partial charge in [-0.25, -0.2) is 4.79 Å². The van der Waals surface area contributed by atoms with Crippen molar-refractivity contribution in [2.45, 2.75) is 38.3 Å². The first-order valence-corrected chi connectivity index (χ1v) is 9.34. The number of amides is 2. The zero-order valence-corrected chi connectivity index (χ0v) is 15.6. The first kappa shape index (κ1) is 18.3. The Morgan fingerprint density at radius 3 is 2.42 bits per heavy atom. The number of carbonyl (C=O) groups excluding carboxylic acids is 1. The van der Waals surface area contributed by atoms with Crippen LogP contribution in [-0.4, -0.2) is 28.4 Å². The molecule has 6 heteroatoms. The Balaban J connectivity index is 1.96. The van der Waals surface area contributed by atoms with Crippen LogP contribution in [0.2, 0.25) is 0 Å². The molecule has 1 N–H and O–H groups in total. The highest BCUT2D eigenvalue weighted by Gasteiger charge is 2.17. The number of aryl methyl sites for hydroxylation is 2. The van der Waals surface area contributed by atoms with Gasteiger partial charge < -0.3 is 14.6 Å². The van der Waals surface area contributed by atoms with Gasteiger partial charge in [0.25, 0.3) is 0 Å². The quantitative estimate of drug-likeness (QED) is 0.899. The molecule has 24 heavy (non-hydrogen) atoms. The van der Waals surface area contributed by atoms with E-state index in [0.29, 0.717) is 6.54 Å². The van der Waals surface area contributed by atoms with Crippen LogP contribution in [0, 0.1) is 13.8 Å². The Morgan fingerprint density at radius 1 is 1.29 bits per heavy atom. The van der Waals surface area contributed by atoms with Crippen molar-refractivity contribution in [1.29, 1.82) is 0 Å². The van der Waals surface area contributed by atoms with Crippen molar-refractivity contribution in [2.75, 3.05) is 13.3 Å². The smallest absolute Gasteiger partial charge is 0.317 e. The summed E-state index contributed by atoms with van der Waals surface area (Å²) in [5, 5.41) is 2.98. The lowest BCUT2D eigenvalue weighted by Gasteiger charge is -2.21. The maximum absolute atomic E-state index is 12.4. The Kier molecular flexibility index (Phi) is 5.83. The number of hydrogen-bond donors (Lipinski definition) is 1. The molecule has 0 aliphatic heterocycles. The van der Waals surface area contributed by atoms with Gasteiger partial charge in [-0.15, -0.1) is 0 Å². The predicted molar refractivity (Wildman–Crippen MR) is 95.4 cm³/mol. The Morgan fingerprint density at radius 2 is 1.92 bits per heavy atom. The number of urea groups is 1. The third kappa shape index (κ3) is 4.47. The summed E-state index contributed by atoms with van der Waals surface area (Å²) in [7, 11) is 0.762. The van der Waals surface area contributed by atoms with E-state index in [4.69, 9.17) is 4.42 Å². The van der Waals surface area contributed by atoms with Crippen molar-refractivity contribution in [2.24, 2.45) is 0 Å². The summed E-state index contributed by atoms with van der Waals surface area (Å²) in [6, 6.07) is 9.13. The molecule has 0 spiro atoms. The van der Waals surface area contributed by atoms with E-state index >= 15 is 0 Å². The van der Waals surface area contributed by atoms with Crippen molar-refractivity contribution in [1.82, 2.24) is 10.2 Å². The number of hydrogen-bond acceptors (Lipinski definition) is 3. The summed E-state index contributed by atoms with van der Waals surface area (Å²) in [4.78, 5) is 14.8. The summed E-state index contributed by atoms with van der Waals surface area (Å²) in [5.41, 5.74) is 1.98. The lowest BCUT2D eigenvalue weighted by Crippen LogP contribution is -2.38. The molecule has 2 rings (SSSR count). The fourth-order valence-electron chi connectivity index (χ4n) is 2.59. The van der Waals surface area contributed by atoms with Gasteiger partial charge in [-0.2, -0.15) is 0 Å². The molecule has 1 aromatic heterocycles. The molecule has 0 saturated heterocycles. The van der Waals surface area contributed by atoms with Crippen molar-refractivity contribution < 1.29 is 13.4 Å². The maximum atomic E-state index is 12.4. The van der Waals surface area contributed by atoms with E-state index in [1.54, 1.807) is 18.2 Å². The number of nitrogens with zero attached hydrogens (tertiary/aromatic N) is 1. The molecular weight excluding hydrogens is 324 g/mol. The van der Waals surface area contributed by atoms with Crippen LogP contribution in [0.1, 0.15) is 35.6 Å². The molecule has 0 bridgehead atoms. The van der Waals surface area contributed by atoms with E-state index < -0.39 is 10.8 Å². The second kappa shape index (κ2) is 7.66. The second-order valence-electron chi connectivity index (χ2n) is 5.99. The summed E-state index contributed by atoms with van der Waals surface area (Å²) in [6.07, 6.45) is 1.65. The Bertz CT molecular complexity index is 737. The van der Waals surface area contributed by atoms with E-state index in [2.05, 4.69) is 5.32 Å². The molecular formula is C18H24N2O3S. The van der Waals surface area contributed by atoms with Gasteiger partial charge in [0.15, 0.2) is 0 Å². The third-order valence-electron chi connectivity index (χ3n) is 3.91. The molecule has 0 aliphatic carbocycles. The van der Waals surface area contributed by atoms with Crippen molar-refractivity contribution in [3.05, 3.63) is 53.0 Å². The van der Waals surface area contributed by atoms with Gasteiger partial charge in [-0.3, -0.25) is 4.21 Å². The van der Waals surface area contributed by atoms with Crippen LogP contribution in [0.3, 0.4) is 0 Å². The van der Waals surface area contributed by atoms with Gasteiger partial charge >= 0.3 is 6.03 Å². The lowest BCUT2D eigenvalue weighted by atomic mass is 10.1. The number of benzene rings is 1. The van der Waals surface area contributed by atoms with Crippen LogP contribution in [0.4, 0.5) is 4.79 Å². The number of furan rings is 1. The van der Waals surface area contributed by atoms with Crippen molar-refractivity contribution >= 4 is 16.8 Å². The monoisotopic (exact) mass is 348 g/mol. The van der Waals surface area contributed by atoms with Gasteiger partial charge in [0.2, 0.25) is 0 Å². The minimum Gasteiger partial charge on any atom is -0.466 e. The van der Waals surface area contributed by atoms with Gasteiger partial charge in [-0.05, 0) is 44.5 Å². The van der Waals surface area contributed by atoms with Gasteiger partial charge in [0.05, 0.1) is 6.04 Å². The average Bonchev–Trinajstić information content (AvgIpc) is 2.86. The van der Waals surface area contributed by atoms with Crippen LogP contribution in [0.25, 0.3) is 0 Å². The van der Waals surface area contributed by atoms with E-state index in [9.17, 15) is 9.00 Å². The normalized spacial score (nSPS) is 13.4. The van der Waals surface area contributed by atoms with Crippen LogP contribution < -0.4 is 5.32 Å². The van der Waals surface area contributed by atoms with Crippen LogP contribution in [0.15, 0.2) is 39.6 Å². The van der Waals surface area contributed by atoms with E-state index in [1.807, 2.05) is 51.1 Å². The molecule has 1 aromatic carbocycles. The van der Waals surface area contributed by atoms with Gasteiger partial charge in [0.1, 0.15) is 11.5 Å². The van der Waals surface area contributed by atoms with Crippen LogP contribution in [0.5, 0.6) is 0 Å². The fraction of sp³-hybridized carbons (Fsp3) is 0.389. The van der Waals surface area contributed by atoms with Crippen LogP contribution >= 0.6 is 0 Å². The zero-order valence-electron chi connectivity index (χ0n) is 14.8. The number of nitrogens with one attached hydrogen (secondary N) is 1. The van der Waals surface area contributed by atoms with Crippen molar-refractivity contribution in [3.8, 4) is 0 Å². The van der Waals surface area contributed by atoms with Crippen molar-refractivity contribution in [3.63, 3.8) is 0 Å². The minimum absolute atomic E-state index is 0.123. The van der Waals surface area contributed by atoms with Gasteiger partial charge in [0, 0.05) is 41.1 Å². The lowest BCUT2D eigenvalue weighted by molar-refractivity contribution is 0.203. The first-order valence-electron chi connectivity index (χ1n) is 7.79. The highest BCUT2D eigenvalue weighted by molar-refractivity contribution is 7.84. The number of carbonyl (C=O) groups is 1. The zero-order chi connectivity index (χ0) is 17.9. The SMILES string of the molecule is Cc1cc(C(C)NC(=O)N(C)Cc2ccc(S(C)=O)cc2)c(C)o1. The predicted octanol–water partition coefficient (Wildman–Crippen LogP) is 3.54. The molecule has 2 amide bonds. The Labute approximate surface area is 145 Å². The molecule has 0 aliphatic rings. The van der Waals surface area contributed by atoms with Gasteiger partial charge in [-0.1, -0.05) is 12.1 Å². The average molecular weight is 348 g/mol. The summed E-state index contributed by atoms with van der Waals surface area (Å²) >= 11 is 0. The fourth-order valence-corrected chi connectivity index (χ4v) is 3.11. The van der Waals surface area contributed by atoms with E-state index in [1.165, 1.54) is 0 Å². The summed E-state index contributed by atoms with van der Waals surface area (Å²) in [6.45, 7) is 6.21. The third-order valence-corrected chi connectivity index (χ3v) is 4.84. The van der Waals surface area contributed by atoms with Crippen LogP contribution in [-0.2, 0) is 17.3 Å². The summed E-state index contributed by atoms with van der Waals surface area (Å²) < 4.78 is 16.9. The standard InChI is InChI=1S/C18H24N2O3S/c1-12-10-17(14(3)23-12)13(2)19-18(21)20(4)11-15-6-8-16(9-7-15)24(5)22/h6-10,13H,11H2,1-5H3,(H,19,21). The molecule has 2 aromatic rings.